The van der Waals surface area contributed by atoms with E-state index in [0.717, 1.165) is 12.8 Å². The largest absolute Gasteiger partial charge is 0.356 e. The van der Waals surface area contributed by atoms with Gasteiger partial charge in [0.15, 0.2) is 0 Å². The van der Waals surface area contributed by atoms with Crippen LogP contribution in [0, 0.1) is 12.8 Å². The Morgan fingerprint density at radius 1 is 1.20 bits per heavy atom. The van der Waals surface area contributed by atoms with Gasteiger partial charge in [0.1, 0.15) is 0 Å². The van der Waals surface area contributed by atoms with E-state index in [0.29, 0.717) is 32.5 Å². The molecule has 1 aliphatic heterocycles. The van der Waals surface area contributed by atoms with Gasteiger partial charge in [0.2, 0.25) is 5.91 Å². The smallest absolute Gasteiger partial charge is 0.281 e. The molecule has 0 spiro atoms. The van der Waals surface area contributed by atoms with Crippen LogP contribution in [0.15, 0.2) is 24.3 Å². The zero-order valence-corrected chi connectivity index (χ0v) is 16.2. The second kappa shape index (κ2) is 8.78. The first-order valence-electron chi connectivity index (χ1n) is 8.81. The fourth-order valence-electron chi connectivity index (χ4n) is 2.98. The quantitative estimate of drug-likeness (QED) is 0.744. The molecular formula is C18H29N3O3S. The maximum atomic E-state index is 12.3. The van der Waals surface area contributed by atoms with Crippen LogP contribution in [0.2, 0.25) is 0 Å². The molecule has 1 fully saturated rings. The molecule has 0 aromatic heterocycles. The van der Waals surface area contributed by atoms with Crippen molar-refractivity contribution in [1.29, 1.82) is 0 Å². The molecule has 1 amide bonds. The summed E-state index contributed by atoms with van der Waals surface area (Å²) in [6, 6.07) is 8.45. The van der Waals surface area contributed by atoms with Gasteiger partial charge in [-0.05, 0) is 38.2 Å². The number of carbonyl (C=O) groups is 1. The van der Waals surface area contributed by atoms with Crippen LogP contribution in [0.25, 0.3) is 0 Å². The monoisotopic (exact) mass is 367 g/mol. The van der Waals surface area contributed by atoms with E-state index in [1.165, 1.54) is 33.8 Å². The van der Waals surface area contributed by atoms with Crippen molar-refractivity contribution in [3.05, 3.63) is 35.4 Å². The first kappa shape index (κ1) is 19.9. The van der Waals surface area contributed by atoms with Gasteiger partial charge in [-0.2, -0.15) is 17.0 Å². The molecule has 1 aliphatic rings. The molecule has 1 N–H and O–H groups in total. The molecule has 0 saturated carbocycles. The van der Waals surface area contributed by atoms with Crippen molar-refractivity contribution in [3.63, 3.8) is 0 Å². The summed E-state index contributed by atoms with van der Waals surface area (Å²) < 4.78 is 26.8. The predicted molar refractivity (Wildman–Crippen MR) is 99.4 cm³/mol. The lowest BCUT2D eigenvalue weighted by Gasteiger charge is -2.32. The number of piperidine rings is 1. The molecule has 1 aromatic carbocycles. The van der Waals surface area contributed by atoms with Gasteiger partial charge < -0.3 is 5.32 Å². The lowest BCUT2D eigenvalue weighted by atomic mass is 9.97. The summed E-state index contributed by atoms with van der Waals surface area (Å²) in [4.78, 5) is 12.3. The van der Waals surface area contributed by atoms with Gasteiger partial charge in [0.25, 0.3) is 10.2 Å². The molecule has 7 heteroatoms. The molecule has 0 atom stereocenters. The van der Waals surface area contributed by atoms with Crippen LogP contribution in [-0.2, 0) is 21.4 Å². The molecule has 1 heterocycles. The molecular weight excluding hydrogens is 338 g/mol. The standard InChI is InChI=1S/C18H29N3O3S/c1-15-6-8-16(9-7-15)5-4-12-19-18(22)17-10-13-21(14-11-17)25(23,24)20(2)3/h6-9,17H,4-5,10-14H2,1-3H3,(H,19,22). The average molecular weight is 368 g/mol. The van der Waals surface area contributed by atoms with Gasteiger partial charge in [0.05, 0.1) is 0 Å². The van der Waals surface area contributed by atoms with E-state index in [-0.39, 0.29) is 11.8 Å². The fourth-order valence-corrected chi connectivity index (χ4v) is 4.12. The maximum Gasteiger partial charge on any atom is 0.281 e. The van der Waals surface area contributed by atoms with E-state index >= 15 is 0 Å². The molecule has 0 unspecified atom stereocenters. The van der Waals surface area contributed by atoms with E-state index in [9.17, 15) is 13.2 Å². The zero-order chi connectivity index (χ0) is 18.4. The highest BCUT2D eigenvalue weighted by atomic mass is 32.2. The summed E-state index contributed by atoms with van der Waals surface area (Å²) in [6.45, 7) is 3.53. The van der Waals surface area contributed by atoms with Crippen molar-refractivity contribution in [2.45, 2.75) is 32.6 Å². The number of amides is 1. The van der Waals surface area contributed by atoms with Crippen LogP contribution in [0.3, 0.4) is 0 Å². The number of nitrogens with one attached hydrogen (secondary N) is 1. The van der Waals surface area contributed by atoms with Gasteiger partial charge in [0, 0.05) is 39.6 Å². The van der Waals surface area contributed by atoms with Crippen LogP contribution in [0.1, 0.15) is 30.4 Å². The first-order valence-corrected chi connectivity index (χ1v) is 10.2. The first-order chi connectivity index (χ1) is 11.8. The van der Waals surface area contributed by atoms with Crippen molar-refractivity contribution >= 4 is 16.1 Å². The van der Waals surface area contributed by atoms with E-state index < -0.39 is 10.2 Å². The molecule has 0 aliphatic carbocycles. The third kappa shape index (κ3) is 5.52. The Balaban J connectivity index is 1.69. The van der Waals surface area contributed by atoms with Gasteiger partial charge in [-0.15, -0.1) is 0 Å². The summed E-state index contributed by atoms with van der Waals surface area (Å²) in [5.41, 5.74) is 2.53. The number of carbonyl (C=O) groups excluding carboxylic acids is 1. The number of rotatable bonds is 7. The van der Waals surface area contributed by atoms with Gasteiger partial charge >= 0.3 is 0 Å². The highest BCUT2D eigenvalue weighted by Crippen LogP contribution is 2.20. The minimum absolute atomic E-state index is 0.0470. The van der Waals surface area contributed by atoms with Crippen LogP contribution >= 0.6 is 0 Å². The Hall–Kier alpha value is -1.44. The number of benzene rings is 1. The van der Waals surface area contributed by atoms with Gasteiger partial charge in [-0.1, -0.05) is 29.8 Å². The third-order valence-electron chi connectivity index (χ3n) is 4.67. The molecule has 6 nitrogen and oxygen atoms in total. The molecule has 2 rings (SSSR count). The molecule has 1 saturated heterocycles. The van der Waals surface area contributed by atoms with Crippen molar-refractivity contribution < 1.29 is 13.2 Å². The molecule has 1 aromatic rings. The van der Waals surface area contributed by atoms with E-state index in [1.807, 2.05) is 0 Å². The Morgan fingerprint density at radius 3 is 2.36 bits per heavy atom. The highest BCUT2D eigenvalue weighted by molar-refractivity contribution is 7.86. The minimum atomic E-state index is -3.37. The molecule has 0 radical (unpaired) electrons. The van der Waals surface area contributed by atoms with Gasteiger partial charge in [-0.25, -0.2) is 0 Å². The van der Waals surface area contributed by atoms with E-state index in [4.69, 9.17) is 0 Å². The molecule has 0 bridgehead atoms. The number of hydrogen-bond donors (Lipinski definition) is 1. The van der Waals surface area contributed by atoms with Crippen molar-refractivity contribution in [2.75, 3.05) is 33.7 Å². The maximum absolute atomic E-state index is 12.3. The second-order valence-corrected chi connectivity index (χ2v) is 8.99. The average Bonchev–Trinajstić information content (AvgIpc) is 2.60. The lowest BCUT2D eigenvalue weighted by molar-refractivity contribution is -0.126. The normalized spacial score (nSPS) is 17.0. The topological polar surface area (TPSA) is 69.7 Å². The number of aryl methyl sites for hydroxylation is 2. The second-order valence-electron chi connectivity index (χ2n) is 6.84. The summed E-state index contributed by atoms with van der Waals surface area (Å²) in [5, 5.41) is 2.99. The fraction of sp³-hybridized carbons (Fsp3) is 0.611. The van der Waals surface area contributed by atoms with Crippen molar-refractivity contribution in [2.24, 2.45) is 5.92 Å². The SMILES string of the molecule is Cc1ccc(CCCNC(=O)C2CCN(S(=O)(=O)N(C)C)CC2)cc1. The lowest BCUT2D eigenvalue weighted by Crippen LogP contribution is -2.46. The Kier molecular flexibility index (Phi) is 6.98. The highest BCUT2D eigenvalue weighted by Gasteiger charge is 2.31. The van der Waals surface area contributed by atoms with Crippen molar-refractivity contribution in [1.82, 2.24) is 13.9 Å². The van der Waals surface area contributed by atoms with E-state index in [1.54, 1.807) is 0 Å². The summed E-state index contributed by atoms with van der Waals surface area (Å²) >= 11 is 0. The summed E-state index contributed by atoms with van der Waals surface area (Å²) in [5.74, 6) is -0.0428. The number of nitrogens with zero attached hydrogens (tertiary/aromatic N) is 2. The molecule has 140 valence electrons. The van der Waals surface area contributed by atoms with E-state index in [2.05, 4.69) is 36.5 Å². The predicted octanol–water partition coefficient (Wildman–Crippen LogP) is 1.56. The third-order valence-corrected chi connectivity index (χ3v) is 6.62. The summed E-state index contributed by atoms with van der Waals surface area (Å²) in [7, 11) is -0.309. The summed E-state index contributed by atoms with van der Waals surface area (Å²) in [6.07, 6.45) is 3.01. The number of hydrogen-bond acceptors (Lipinski definition) is 3. The van der Waals surface area contributed by atoms with Crippen LogP contribution < -0.4 is 5.32 Å². The van der Waals surface area contributed by atoms with Crippen molar-refractivity contribution in [3.8, 4) is 0 Å². The van der Waals surface area contributed by atoms with Crippen LogP contribution in [-0.4, -0.2) is 56.7 Å². The Labute approximate surface area is 151 Å². The van der Waals surface area contributed by atoms with Crippen LogP contribution in [0.4, 0.5) is 0 Å². The molecule has 25 heavy (non-hydrogen) atoms. The van der Waals surface area contributed by atoms with Gasteiger partial charge in [-0.3, -0.25) is 4.79 Å². The zero-order valence-electron chi connectivity index (χ0n) is 15.4. The van der Waals surface area contributed by atoms with Crippen LogP contribution in [0.5, 0.6) is 0 Å². The Morgan fingerprint density at radius 2 is 1.80 bits per heavy atom. The minimum Gasteiger partial charge on any atom is -0.356 e. The Bertz CT molecular complexity index is 663.